The van der Waals surface area contributed by atoms with Gasteiger partial charge in [0, 0.05) is 36.8 Å². The number of hydrogen-bond acceptors (Lipinski definition) is 4. The Morgan fingerprint density at radius 1 is 1.37 bits per heavy atom. The molecule has 0 bridgehead atoms. The number of carbonyl (C=O) groups is 1. The molecule has 0 aliphatic carbocycles. The lowest BCUT2D eigenvalue weighted by Crippen LogP contribution is -2.40. The van der Waals surface area contributed by atoms with Gasteiger partial charge in [0.05, 0.1) is 23.3 Å². The van der Waals surface area contributed by atoms with Crippen molar-refractivity contribution in [3.8, 4) is 0 Å². The summed E-state index contributed by atoms with van der Waals surface area (Å²) in [5.41, 5.74) is 3.78. The van der Waals surface area contributed by atoms with Gasteiger partial charge in [0.15, 0.2) is 0 Å². The van der Waals surface area contributed by atoms with Crippen LogP contribution in [0.2, 0.25) is 0 Å². The lowest BCUT2D eigenvalue weighted by molar-refractivity contribution is 0.0698. The Hall–Kier alpha value is -2.54. The predicted octanol–water partition coefficient (Wildman–Crippen LogP) is 3.86. The summed E-state index contributed by atoms with van der Waals surface area (Å²) in [5, 5.41) is 2.03. The number of likely N-dealkylation sites (tertiary alicyclic amines) is 1. The van der Waals surface area contributed by atoms with Crippen molar-refractivity contribution in [3.63, 3.8) is 0 Å². The highest BCUT2D eigenvalue weighted by Gasteiger charge is 2.29. The number of benzene rings is 1. The van der Waals surface area contributed by atoms with E-state index in [1.54, 1.807) is 34.6 Å². The molecule has 1 aliphatic heterocycles. The second-order valence-corrected chi connectivity index (χ2v) is 7.69. The van der Waals surface area contributed by atoms with E-state index in [0.29, 0.717) is 19.6 Å². The van der Waals surface area contributed by atoms with Crippen molar-refractivity contribution in [3.05, 3.63) is 69.9 Å². The first-order chi connectivity index (χ1) is 13.1. The van der Waals surface area contributed by atoms with Crippen molar-refractivity contribution in [1.29, 1.82) is 0 Å². The molecular weight excluding hydrogens is 363 g/mol. The molecule has 4 rings (SSSR count). The van der Waals surface area contributed by atoms with Gasteiger partial charge in [-0.1, -0.05) is 6.07 Å². The molecular formula is C20H21FN4OS. The van der Waals surface area contributed by atoms with Crippen molar-refractivity contribution >= 4 is 17.2 Å². The van der Waals surface area contributed by atoms with Crippen LogP contribution < -0.4 is 0 Å². The van der Waals surface area contributed by atoms with Crippen molar-refractivity contribution in [2.75, 3.05) is 13.1 Å². The molecule has 1 fully saturated rings. The fourth-order valence-corrected chi connectivity index (χ4v) is 4.19. The number of imidazole rings is 1. The summed E-state index contributed by atoms with van der Waals surface area (Å²) in [4.78, 5) is 23.5. The fraction of sp³-hybridized carbons (Fsp3) is 0.350. The van der Waals surface area contributed by atoms with Gasteiger partial charge in [-0.15, -0.1) is 11.3 Å². The van der Waals surface area contributed by atoms with Gasteiger partial charge in [0.25, 0.3) is 5.91 Å². The van der Waals surface area contributed by atoms with Crippen molar-refractivity contribution in [2.24, 2.45) is 0 Å². The normalized spacial score (nSPS) is 17.3. The third-order valence-corrected chi connectivity index (χ3v) is 5.63. The average molecular weight is 384 g/mol. The summed E-state index contributed by atoms with van der Waals surface area (Å²) in [7, 11) is 0. The van der Waals surface area contributed by atoms with E-state index in [1.807, 2.05) is 24.0 Å². The van der Waals surface area contributed by atoms with Crippen LogP contribution in [-0.4, -0.2) is 38.4 Å². The molecule has 0 radical (unpaired) electrons. The van der Waals surface area contributed by atoms with Crippen molar-refractivity contribution in [2.45, 2.75) is 32.2 Å². The second kappa shape index (κ2) is 7.60. The van der Waals surface area contributed by atoms with Gasteiger partial charge in [-0.2, -0.15) is 0 Å². The molecule has 5 nitrogen and oxygen atoms in total. The number of aryl methyl sites for hydroxylation is 1. The van der Waals surface area contributed by atoms with Crippen LogP contribution in [-0.2, 0) is 6.54 Å². The summed E-state index contributed by atoms with van der Waals surface area (Å²) in [6.07, 6.45) is 5.60. The molecule has 0 unspecified atom stereocenters. The van der Waals surface area contributed by atoms with Gasteiger partial charge in [0.1, 0.15) is 11.6 Å². The fourth-order valence-electron chi connectivity index (χ4n) is 3.64. The van der Waals surface area contributed by atoms with E-state index >= 15 is 0 Å². The third-order valence-electron chi connectivity index (χ3n) is 4.99. The molecule has 1 aliphatic rings. The van der Waals surface area contributed by atoms with Crippen LogP contribution >= 0.6 is 11.3 Å². The first-order valence-electron chi connectivity index (χ1n) is 9.05. The highest BCUT2D eigenvalue weighted by atomic mass is 32.1. The number of nitrogens with zero attached hydrogens (tertiary/aromatic N) is 4. The molecule has 27 heavy (non-hydrogen) atoms. The molecule has 1 amide bonds. The molecule has 0 spiro atoms. The molecule has 2 aromatic heterocycles. The van der Waals surface area contributed by atoms with Crippen LogP contribution in [0.15, 0.2) is 41.5 Å². The number of rotatable bonds is 4. The smallest absolute Gasteiger partial charge is 0.256 e. The molecule has 0 N–H and O–H groups in total. The Morgan fingerprint density at radius 2 is 2.26 bits per heavy atom. The van der Waals surface area contributed by atoms with E-state index in [2.05, 4.69) is 14.5 Å². The number of hydrogen-bond donors (Lipinski definition) is 0. The molecule has 3 aromatic rings. The molecule has 140 valence electrons. The van der Waals surface area contributed by atoms with E-state index in [9.17, 15) is 9.18 Å². The van der Waals surface area contributed by atoms with E-state index in [4.69, 9.17) is 0 Å². The van der Waals surface area contributed by atoms with Crippen molar-refractivity contribution < 1.29 is 9.18 Å². The van der Waals surface area contributed by atoms with E-state index < -0.39 is 5.82 Å². The number of halogens is 1. The molecule has 1 atom stereocenters. The maximum Gasteiger partial charge on any atom is 0.256 e. The van der Waals surface area contributed by atoms with Gasteiger partial charge >= 0.3 is 0 Å². The summed E-state index contributed by atoms with van der Waals surface area (Å²) in [6.45, 7) is 3.70. The maximum atomic E-state index is 14.2. The lowest BCUT2D eigenvalue weighted by Gasteiger charge is -2.33. The first-order valence-corrected chi connectivity index (χ1v) is 9.99. The van der Waals surface area contributed by atoms with Crippen molar-refractivity contribution in [1.82, 2.24) is 19.4 Å². The second-order valence-electron chi connectivity index (χ2n) is 6.97. The minimum atomic E-state index is -0.452. The van der Waals surface area contributed by atoms with Crippen LogP contribution in [0.5, 0.6) is 0 Å². The minimum Gasteiger partial charge on any atom is -0.338 e. The highest BCUT2D eigenvalue weighted by molar-refractivity contribution is 7.07. The Labute approximate surface area is 161 Å². The predicted molar refractivity (Wildman–Crippen MR) is 102 cm³/mol. The number of piperidine rings is 1. The Morgan fingerprint density at radius 3 is 3.04 bits per heavy atom. The van der Waals surface area contributed by atoms with Gasteiger partial charge in [-0.3, -0.25) is 4.79 Å². The zero-order valence-electron chi connectivity index (χ0n) is 15.1. The van der Waals surface area contributed by atoms with Gasteiger partial charge in [-0.05, 0) is 37.5 Å². The molecule has 0 saturated carbocycles. The Balaban J connectivity index is 1.52. The standard InChI is InChI=1S/C20H21FN4OS/c1-14-4-5-17(18(21)9-14)20(26)25-7-2-3-15(10-25)19-22-6-8-24(19)11-16-12-27-13-23-16/h4-6,8-9,12-13,15H,2-3,7,10-11H2,1H3/t15-/m0/s1. The van der Waals surface area contributed by atoms with Gasteiger partial charge in [-0.25, -0.2) is 14.4 Å². The summed E-state index contributed by atoms with van der Waals surface area (Å²) < 4.78 is 16.3. The Kier molecular flexibility index (Phi) is 5.03. The molecule has 1 aromatic carbocycles. The maximum absolute atomic E-state index is 14.2. The van der Waals surface area contributed by atoms with Gasteiger partial charge in [0.2, 0.25) is 0 Å². The lowest BCUT2D eigenvalue weighted by atomic mass is 9.96. The quantitative estimate of drug-likeness (QED) is 0.686. The number of carbonyl (C=O) groups excluding carboxylic acids is 1. The number of aromatic nitrogens is 3. The molecule has 1 saturated heterocycles. The highest BCUT2D eigenvalue weighted by Crippen LogP contribution is 2.27. The summed E-state index contributed by atoms with van der Waals surface area (Å²) in [6, 6.07) is 4.77. The summed E-state index contributed by atoms with van der Waals surface area (Å²) in [5.74, 6) is 0.414. The Bertz CT molecular complexity index is 937. The zero-order chi connectivity index (χ0) is 18.8. The van der Waals surface area contributed by atoms with Crippen LogP contribution in [0.3, 0.4) is 0 Å². The van der Waals surface area contributed by atoms with Crippen LogP contribution in [0.1, 0.15) is 46.2 Å². The zero-order valence-corrected chi connectivity index (χ0v) is 16.0. The largest absolute Gasteiger partial charge is 0.338 e. The monoisotopic (exact) mass is 384 g/mol. The topological polar surface area (TPSA) is 51.0 Å². The summed E-state index contributed by atoms with van der Waals surface area (Å²) >= 11 is 1.57. The number of thiazole rings is 1. The minimum absolute atomic E-state index is 0.143. The van der Waals surface area contributed by atoms with E-state index in [0.717, 1.165) is 29.9 Å². The molecule has 7 heteroatoms. The van der Waals surface area contributed by atoms with Crippen LogP contribution in [0.4, 0.5) is 4.39 Å². The number of amides is 1. The first kappa shape index (κ1) is 17.9. The van der Waals surface area contributed by atoms with Crippen LogP contribution in [0, 0.1) is 12.7 Å². The SMILES string of the molecule is Cc1ccc(C(=O)N2CCC[C@H](c3nccn3Cc3cscn3)C2)c(F)c1. The van der Waals surface area contributed by atoms with E-state index in [-0.39, 0.29) is 17.4 Å². The van der Waals surface area contributed by atoms with Gasteiger partial charge < -0.3 is 9.47 Å². The van der Waals surface area contributed by atoms with Crippen LogP contribution in [0.25, 0.3) is 0 Å². The molecule has 3 heterocycles. The third kappa shape index (κ3) is 3.78. The average Bonchev–Trinajstić information content (AvgIpc) is 3.34. The van der Waals surface area contributed by atoms with E-state index in [1.165, 1.54) is 6.07 Å².